The SMILES string of the molecule is C[NH+](C)[C@@H](CNC(=O)COc1ccc2c(c1)CCC2)c1ccccc1Cl. The van der Waals surface area contributed by atoms with Gasteiger partial charge in [-0.25, -0.2) is 0 Å². The van der Waals surface area contributed by atoms with E-state index in [0.717, 1.165) is 29.2 Å². The van der Waals surface area contributed by atoms with Crippen LogP contribution in [0, 0.1) is 0 Å². The quantitative estimate of drug-likeness (QED) is 0.781. The molecular formula is C21H26ClN2O2+. The Morgan fingerprint density at radius 1 is 1.19 bits per heavy atom. The van der Waals surface area contributed by atoms with Crippen molar-refractivity contribution < 1.29 is 14.4 Å². The van der Waals surface area contributed by atoms with Gasteiger partial charge in [-0.3, -0.25) is 4.79 Å². The second-order valence-corrected chi connectivity index (χ2v) is 7.44. The molecule has 2 aromatic carbocycles. The Morgan fingerprint density at radius 2 is 1.96 bits per heavy atom. The molecule has 0 heterocycles. The molecule has 1 amide bonds. The lowest BCUT2D eigenvalue weighted by Gasteiger charge is -2.23. The predicted octanol–water partition coefficient (Wildman–Crippen LogP) is 2.21. The van der Waals surface area contributed by atoms with Crippen LogP contribution in [0.1, 0.15) is 29.2 Å². The highest BCUT2D eigenvalue weighted by Crippen LogP contribution is 2.26. The van der Waals surface area contributed by atoms with Crippen molar-refractivity contribution in [2.24, 2.45) is 0 Å². The molecule has 1 atom stereocenters. The molecule has 3 rings (SSSR count). The van der Waals surface area contributed by atoms with Crippen LogP contribution in [0.3, 0.4) is 0 Å². The van der Waals surface area contributed by atoms with E-state index in [9.17, 15) is 4.79 Å². The summed E-state index contributed by atoms with van der Waals surface area (Å²) in [4.78, 5) is 13.4. The molecule has 26 heavy (non-hydrogen) atoms. The van der Waals surface area contributed by atoms with Crippen molar-refractivity contribution in [2.45, 2.75) is 25.3 Å². The molecule has 0 radical (unpaired) electrons. The van der Waals surface area contributed by atoms with Gasteiger partial charge >= 0.3 is 0 Å². The topological polar surface area (TPSA) is 42.8 Å². The number of fused-ring (bicyclic) bond motifs is 1. The number of nitrogens with one attached hydrogen (secondary N) is 2. The standard InChI is InChI=1S/C21H25ClN2O2/c1-24(2)20(18-8-3-4-9-19(18)22)13-23-21(25)14-26-17-11-10-15-6-5-7-16(15)12-17/h3-4,8-12,20H,5-7,13-14H2,1-2H3,(H,23,25)/p+1/t20-/m0/s1. The normalized spacial score (nSPS) is 14.2. The van der Waals surface area contributed by atoms with E-state index < -0.39 is 0 Å². The van der Waals surface area contributed by atoms with Crippen LogP contribution in [-0.2, 0) is 17.6 Å². The maximum Gasteiger partial charge on any atom is 0.258 e. The predicted molar refractivity (Wildman–Crippen MR) is 104 cm³/mol. The molecule has 0 unspecified atom stereocenters. The summed E-state index contributed by atoms with van der Waals surface area (Å²) in [6.45, 7) is 0.537. The molecule has 138 valence electrons. The molecule has 0 fully saturated rings. The van der Waals surface area contributed by atoms with E-state index >= 15 is 0 Å². The van der Waals surface area contributed by atoms with Gasteiger partial charge in [0.05, 0.1) is 20.6 Å². The molecule has 0 bridgehead atoms. The summed E-state index contributed by atoms with van der Waals surface area (Å²) < 4.78 is 5.67. The molecular weight excluding hydrogens is 348 g/mol. The van der Waals surface area contributed by atoms with E-state index in [1.54, 1.807) is 0 Å². The van der Waals surface area contributed by atoms with Crippen molar-refractivity contribution in [3.63, 3.8) is 0 Å². The monoisotopic (exact) mass is 373 g/mol. The van der Waals surface area contributed by atoms with Gasteiger partial charge in [-0.1, -0.05) is 35.9 Å². The van der Waals surface area contributed by atoms with E-state index in [1.807, 2.05) is 30.3 Å². The molecule has 0 spiro atoms. The zero-order valence-electron chi connectivity index (χ0n) is 15.3. The third-order valence-corrected chi connectivity index (χ3v) is 5.27. The highest BCUT2D eigenvalue weighted by Gasteiger charge is 2.21. The van der Waals surface area contributed by atoms with E-state index in [0.29, 0.717) is 6.54 Å². The molecule has 1 aliphatic rings. The number of quaternary nitrogens is 1. The Labute approximate surface area is 160 Å². The molecule has 2 aromatic rings. The fourth-order valence-corrected chi connectivity index (χ4v) is 3.70. The summed E-state index contributed by atoms with van der Waals surface area (Å²) in [5.41, 5.74) is 3.78. The zero-order valence-corrected chi connectivity index (χ0v) is 16.1. The third-order valence-electron chi connectivity index (χ3n) is 4.92. The number of amides is 1. The van der Waals surface area contributed by atoms with Crippen LogP contribution in [0.5, 0.6) is 5.75 Å². The summed E-state index contributed by atoms with van der Waals surface area (Å²) >= 11 is 6.32. The molecule has 5 heteroatoms. The minimum Gasteiger partial charge on any atom is -0.484 e. The van der Waals surface area contributed by atoms with E-state index in [2.05, 4.69) is 31.5 Å². The van der Waals surface area contributed by atoms with Gasteiger partial charge in [0.2, 0.25) is 0 Å². The van der Waals surface area contributed by atoms with E-state index in [1.165, 1.54) is 22.4 Å². The molecule has 1 aliphatic carbocycles. The van der Waals surface area contributed by atoms with Crippen LogP contribution in [-0.4, -0.2) is 33.2 Å². The smallest absolute Gasteiger partial charge is 0.258 e. The zero-order chi connectivity index (χ0) is 18.5. The van der Waals surface area contributed by atoms with Crippen molar-refractivity contribution >= 4 is 17.5 Å². The number of carbonyl (C=O) groups excluding carboxylic acids is 1. The van der Waals surface area contributed by atoms with Crippen molar-refractivity contribution in [1.29, 1.82) is 0 Å². The average Bonchev–Trinajstić information content (AvgIpc) is 3.09. The molecule has 4 nitrogen and oxygen atoms in total. The lowest BCUT2D eigenvalue weighted by molar-refractivity contribution is -0.890. The maximum atomic E-state index is 12.2. The lowest BCUT2D eigenvalue weighted by Crippen LogP contribution is -3.07. The second kappa shape index (κ2) is 8.56. The first-order chi connectivity index (χ1) is 12.5. The molecule has 0 saturated carbocycles. The molecule has 2 N–H and O–H groups in total. The first kappa shape index (κ1) is 18.7. The Hall–Kier alpha value is -2.04. The largest absolute Gasteiger partial charge is 0.484 e. The van der Waals surface area contributed by atoms with Crippen molar-refractivity contribution in [3.8, 4) is 5.75 Å². The fraction of sp³-hybridized carbons (Fsp3) is 0.381. The summed E-state index contributed by atoms with van der Waals surface area (Å²) in [5, 5.41) is 3.69. The minimum atomic E-state index is -0.121. The van der Waals surface area contributed by atoms with E-state index in [4.69, 9.17) is 16.3 Å². The van der Waals surface area contributed by atoms with Gasteiger partial charge in [-0.2, -0.15) is 0 Å². The highest BCUT2D eigenvalue weighted by atomic mass is 35.5. The third kappa shape index (κ3) is 4.57. The van der Waals surface area contributed by atoms with Crippen LogP contribution in [0.2, 0.25) is 5.02 Å². The van der Waals surface area contributed by atoms with Crippen LogP contribution >= 0.6 is 11.6 Å². The first-order valence-electron chi connectivity index (χ1n) is 9.10. The van der Waals surface area contributed by atoms with Crippen molar-refractivity contribution in [2.75, 3.05) is 27.2 Å². The van der Waals surface area contributed by atoms with Crippen LogP contribution in [0.4, 0.5) is 0 Å². The summed E-state index contributed by atoms with van der Waals surface area (Å²) in [6, 6.07) is 14.0. The van der Waals surface area contributed by atoms with Gasteiger partial charge in [-0.05, 0) is 48.6 Å². The van der Waals surface area contributed by atoms with Gasteiger partial charge < -0.3 is 15.0 Å². The fourth-order valence-electron chi connectivity index (χ4n) is 3.44. The van der Waals surface area contributed by atoms with E-state index in [-0.39, 0.29) is 18.6 Å². The highest BCUT2D eigenvalue weighted by molar-refractivity contribution is 6.31. The number of hydrogen-bond acceptors (Lipinski definition) is 2. The van der Waals surface area contributed by atoms with Crippen LogP contribution < -0.4 is 15.0 Å². The minimum absolute atomic E-state index is 0.0246. The number of carbonyl (C=O) groups is 1. The number of likely N-dealkylation sites (N-methyl/N-ethyl adjacent to an activating group) is 1. The van der Waals surface area contributed by atoms with Gasteiger partial charge in [0.15, 0.2) is 6.61 Å². The number of ether oxygens (including phenoxy) is 1. The Balaban J connectivity index is 1.53. The van der Waals surface area contributed by atoms with Gasteiger partial charge in [0.1, 0.15) is 11.8 Å². The number of aryl methyl sites for hydroxylation is 2. The number of benzene rings is 2. The van der Waals surface area contributed by atoms with Crippen LogP contribution in [0.15, 0.2) is 42.5 Å². The number of halogens is 1. The van der Waals surface area contributed by atoms with Crippen molar-refractivity contribution in [3.05, 3.63) is 64.2 Å². The Morgan fingerprint density at radius 3 is 2.73 bits per heavy atom. The lowest BCUT2D eigenvalue weighted by atomic mass is 10.1. The number of rotatable bonds is 7. The summed E-state index contributed by atoms with van der Waals surface area (Å²) in [6.07, 6.45) is 3.45. The Bertz CT molecular complexity index is 776. The first-order valence-corrected chi connectivity index (χ1v) is 9.48. The van der Waals surface area contributed by atoms with Gasteiger partial charge in [0.25, 0.3) is 5.91 Å². The maximum absolute atomic E-state index is 12.2. The molecule has 0 aliphatic heterocycles. The number of hydrogen-bond donors (Lipinski definition) is 2. The molecule has 0 aromatic heterocycles. The van der Waals surface area contributed by atoms with Gasteiger partial charge in [-0.15, -0.1) is 0 Å². The Kier molecular flexibility index (Phi) is 6.17. The molecule has 0 saturated heterocycles. The second-order valence-electron chi connectivity index (χ2n) is 7.03. The van der Waals surface area contributed by atoms with Crippen molar-refractivity contribution in [1.82, 2.24) is 5.32 Å². The summed E-state index contributed by atoms with van der Waals surface area (Å²) in [5.74, 6) is 0.644. The van der Waals surface area contributed by atoms with Crippen LogP contribution in [0.25, 0.3) is 0 Å². The van der Waals surface area contributed by atoms with Gasteiger partial charge in [0, 0.05) is 10.6 Å². The summed E-state index contributed by atoms with van der Waals surface area (Å²) in [7, 11) is 4.11. The average molecular weight is 374 g/mol.